The van der Waals surface area contributed by atoms with Crippen LogP contribution in [-0.2, 0) is 5.92 Å². The molecule has 1 aromatic heterocycles. The lowest BCUT2D eigenvalue weighted by atomic mass is 9.94. The number of anilines is 2. The number of aromatic nitrogens is 2. The molecule has 1 aliphatic rings. The second kappa shape index (κ2) is 4.96. The fourth-order valence-corrected chi connectivity index (χ4v) is 3.15. The quantitative estimate of drug-likeness (QED) is 0.641. The van der Waals surface area contributed by atoms with Crippen LogP contribution in [0, 0.1) is 6.92 Å². The molecule has 1 aliphatic heterocycles. The van der Waals surface area contributed by atoms with E-state index in [9.17, 15) is 17.6 Å². The van der Waals surface area contributed by atoms with E-state index in [0.717, 1.165) is 12.1 Å². The van der Waals surface area contributed by atoms with Gasteiger partial charge >= 0.3 is 12.0 Å². The van der Waals surface area contributed by atoms with E-state index in [-0.39, 0.29) is 11.8 Å². The summed E-state index contributed by atoms with van der Waals surface area (Å²) in [5, 5.41) is 0.519. The topological polar surface area (TPSA) is 87.0 Å². The molecule has 26 heavy (non-hydrogen) atoms. The highest BCUT2D eigenvalue weighted by molar-refractivity contribution is 5.96. The smallest absolute Gasteiger partial charge is 0.427 e. The van der Waals surface area contributed by atoms with Crippen molar-refractivity contribution in [2.75, 3.05) is 11.5 Å². The minimum absolute atomic E-state index is 0.0127. The number of hydrogen-bond acceptors (Lipinski definition) is 5. The van der Waals surface area contributed by atoms with Gasteiger partial charge in [-0.2, -0.15) is 22.5 Å². The van der Waals surface area contributed by atoms with E-state index in [1.165, 1.54) is 6.07 Å². The Morgan fingerprint density at radius 2 is 1.73 bits per heavy atom. The van der Waals surface area contributed by atoms with Gasteiger partial charge in [0.05, 0.1) is 11.1 Å². The molecular formula is C17H12F4N4O. The zero-order valence-electron chi connectivity index (χ0n) is 13.4. The van der Waals surface area contributed by atoms with E-state index in [1.54, 1.807) is 19.1 Å². The summed E-state index contributed by atoms with van der Waals surface area (Å²) in [4.78, 5) is 7.98. The second-order valence-electron chi connectivity index (χ2n) is 6.00. The summed E-state index contributed by atoms with van der Waals surface area (Å²) in [6.45, 7) is 1.71. The monoisotopic (exact) mass is 364 g/mol. The molecule has 0 saturated carbocycles. The lowest BCUT2D eigenvalue weighted by Gasteiger charge is -2.16. The summed E-state index contributed by atoms with van der Waals surface area (Å²) in [5.41, 5.74) is 12.6. The van der Waals surface area contributed by atoms with Gasteiger partial charge in [-0.15, -0.1) is 0 Å². The Morgan fingerprint density at radius 1 is 1.00 bits per heavy atom. The Labute approximate surface area is 144 Å². The summed E-state index contributed by atoms with van der Waals surface area (Å²) in [5.74, 6) is -4.80. The van der Waals surface area contributed by atoms with Gasteiger partial charge in [-0.25, -0.2) is 4.98 Å². The van der Waals surface area contributed by atoms with E-state index in [0.29, 0.717) is 27.6 Å². The maximum atomic E-state index is 13.9. The number of nitrogen functional groups attached to an aromatic ring is 2. The number of benzene rings is 2. The third-order valence-electron chi connectivity index (χ3n) is 4.40. The highest BCUT2D eigenvalue weighted by atomic mass is 19.3. The van der Waals surface area contributed by atoms with Gasteiger partial charge in [0.15, 0.2) is 0 Å². The second-order valence-corrected chi connectivity index (χ2v) is 6.00. The molecule has 9 heteroatoms. The first-order valence-electron chi connectivity index (χ1n) is 7.53. The number of alkyl halides is 4. The van der Waals surface area contributed by atoms with Crippen LogP contribution in [0.1, 0.15) is 11.1 Å². The van der Waals surface area contributed by atoms with Crippen molar-refractivity contribution in [1.82, 2.24) is 9.97 Å². The summed E-state index contributed by atoms with van der Waals surface area (Å²) in [6.07, 6.45) is -4.58. The maximum absolute atomic E-state index is 13.9. The molecule has 2 heterocycles. The molecule has 134 valence electrons. The van der Waals surface area contributed by atoms with Crippen LogP contribution in [0.25, 0.3) is 22.0 Å². The largest absolute Gasteiger partial charge is 0.469 e. The Kier molecular flexibility index (Phi) is 3.13. The van der Waals surface area contributed by atoms with E-state index >= 15 is 0 Å². The number of nitrogens with two attached hydrogens (primary N) is 2. The maximum Gasteiger partial charge on any atom is 0.469 e. The average Bonchev–Trinajstić information content (AvgIpc) is 2.72. The third-order valence-corrected chi connectivity index (χ3v) is 4.40. The number of rotatable bonds is 1. The van der Waals surface area contributed by atoms with Crippen molar-refractivity contribution in [2.45, 2.75) is 19.0 Å². The fraction of sp³-hybridized carbons (Fsp3) is 0.176. The third kappa shape index (κ3) is 2.09. The van der Waals surface area contributed by atoms with Gasteiger partial charge in [-0.3, -0.25) is 0 Å². The van der Waals surface area contributed by atoms with Crippen molar-refractivity contribution < 1.29 is 22.3 Å². The van der Waals surface area contributed by atoms with Crippen LogP contribution in [0.2, 0.25) is 0 Å². The van der Waals surface area contributed by atoms with Gasteiger partial charge in [0, 0.05) is 5.39 Å². The number of nitrogens with zero attached hydrogens (tertiary/aromatic N) is 2. The molecule has 3 aromatic rings. The van der Waals surface area contributed by atoms with Crippen LogP contribution < -0.4 is 16.2 Å². The van der Waals surface area contributed by atoms with Crippen LogP contribution >= 0.6 is 0 Å². The van der Waals surface area contributed by atoms with Gasteiger partial charge in [-0.05, 0) is 41.8 Å². The van der Waals surface area contributed by atoms with Crippen molar-refractivity contribution in [3.8, 4) is 16.9 Å². The lowest BCUT2D eigenvalue weighted by molar-refractivity contribution is -0.296. The fourth-order valence-electron chi connectivity index (χ4n) is 3.15. The molecule has 0 saturated heterocycles. The standard InChI is InChI=1S/C17H12F4N4O/c1-7-9(3-4-11-13(7)14(22)25-15(23)24-11)8-2-5-12-10(6-8)16(18,19)17(20,21)26-12/h2-6H,1H3,(H4,22,23,24,25). The van der Waals surface area contributed by atoms with Gasteiger partial charge < -0.3 is 16.2 Å². The molecular weight excluding hydrogens is 352 g/mol. The first-order chi connectivity index (χ1) is 12.1. The first kappa shape index (κ1) is 16.4. The van der Waals surface area contributed by atoms with Crippen molar-refractivity contribution in [3.63, 3.8) is 0 Å². The molecule has 0 unspecified atom stereocenters. The summed E-state index contributed by atoms with van der Waals surface area (Å²) in [6, 6.07) is 6.78. The average molecular weight is 364 g/mol. The molecule has 4 N–H and O–H groups in total. The molecule has 2 aromatic carbocycles. The molecule has 0 fully saturated rings. The molecule has 0 spiro atoms. The predicted molar refractivity (Wildman–Crippen MR) is 88.0 cm³/mol. The van der Waals surface area contributed by atoms with Crippen molar-refractivity contribution in [1.29, 1.82) is 0 Å². The molecule has 4 rings (SSSR count). The van der Waals surface area contributed by atoms with Crippen LogP contribution in [0.4, 0.5) is 29.3 Å². The SMILES string of the molecule is Cc1c(-c2ccc3c(c2)C(F)(F)C(F)(F)O3)ccc2nc(N)nc(N)c12. The van der Waals surface area contributed by atoms with E-state index < -0.39 is 23.3 Å². The van der Waals surface area contributed by atoms with Gasteiger partial charge in [0.25, 0.3) is 0 Å². The Hall–Kier alpha value is -3.10. The van der Waals surface area contributed by atoms with E-state index in [2.05, 4.69) is 14.7 Å². The lowest BCUT2D eigenvalue weighted by Crippen LogP contribution is -2.36. The zero-order valence-corrected chi connectivity index (χ0v) is 13.4. The molecule has 5 nitrogen and oxygen atoms in total. The normalized spacial score (nSPS) is 17.1. The summed E-state index contributed by atoms with van der Waals surface area (Å²) < 4.78 is 58.8. The van der Waals surface area contributed by atoms with Crippen LogP contribution in [0.15, 0.2) is 30.3 Å². The van der Waals surface area contributed by atoms with Gasteiger partial charge in [0.1, 0.15) is 11.6 Å². The Morgan fingerprint density at radius 3 is 2.46 bits per heavy atom. The molecule has 0 bridgehead atoms. The van der Waals surface area contributed by atoms with E-state index in [1.807, 2.05) is 0 Å². The highest BCUT2D eigenvalue weighted by Crippen LogP contribution is 2.54. The zero-order chi connectivity index (χ0) is 18.9. The molecule has 0 atom stereocenters. The van der Waals surface area contributed by atoms with Crippen LogP contribution in [0.3, 0.4) is 0 Å². The highest BCUT2D eigenvalue weighted by Gasteiger charge is 2.66. The number of aryl methyl sites for hydroxylation is 1. The molecule has 0 radical (unpaired) electrons. The number of halogens is 4. The van der Waals surface area contributed by atoms with Crippen molar-refractivity contribution in [2.24, 2.45) is 0 Å². The Bertz CT molecular complexity index is 1070. The van der Waals surface area contributed by atoms with Crippen molar-refractivity contribution in [3.05, 3.63) is 41.5 Å². The van der Waals surface area contributed by atoms with Crippen LogP contribution in [-0.4, -0.2) is 16.1 Å². The van der Waals surface area contributed by atoms with Crippen LogP contribution in [0.5, 0.6) is 5.75 Å². The number of fused-ring (bicyclic) bond motifs is 2. The Balaban J connectivity index is 1.92. The van der Waals surface area contributed by atoms with E-state index in [4.69, 9.17) is 11.5 Å². The minimum atomic E-state index is -4.58. The van der Waals surface area contributed by atoms with Gasteiger partial charge in [0.2, 0.25) is 5.95 Å². The first-order valence-corrected chi connectivity index (χ1v) is 7.53. The van der Waals surface area contributed by atoms with Gasteiger partial charge in [-0.1, -0.05) is 12.1 Å². The number of ether oxygens (including phenoxy) is 1. The number of hydrogen-bond donors (Lipinski definition) is 2. The molecule has 0 amide bonds. The summed E-state index contributed by atoms with van der Waals surface area (Å²) >= 11 is 0. The van der Waals surface area contributed by atoms with Crippen molar-refractivity contribution >= 4 is 22.7 Å². The molecule has 0 aliphatic carbocycles. The minimum Gasteiger partial charge on any atom is -0.427 e. The summed E-state index contributed by atoms with van der Waals surface area (Å²) in [7, 11) is 0. The predicted octanol–water partition coefficient (Wildman–Crippen LogP) is 3.85.